The summed E-state index contributed by atoms with van der Waals surface area (Å²) in [5.74, 6) is -2.72. The van der Waals surface area contributed by atoms with Crippen molar-refractivity contribution in [3.8, 4) is 0 Å². The van der Waals surface area contributed by atoms with Gasteiger partial charge < -0.3 is 24.3 Å². The van der Waals surface area contributed by atoms with Crippen molar-refractivity contribution in [2.45, 2.75) is 64.2 Å². The third-order valence-corrected chi connectivity index (χ3v) is 5.20. The molecule has 0 radical (unpaired) electrons. The van der Waals surface area contributed by atoms with Crippen LogP contribution < -0.4 is 5.32 Å². The van der Waals surface area contributed by atoms with Gasteiger partial charge >= 0.3 is 12.1 Å². The number of carbonyl (C=O) groups excluding carboxylic acids is 2. The molecule has 0 unspecified atom stereocenters. The molecule has 2 aromatic carbocycles. The van der Waals surface area contributed by atoms with E-state index in [1.807, 2.05) is 0 Å². The zero-order chi connectivity index (χ0) is 26.3. The number of hydrogen-bond acceptors (Lipinski definition) is 7. The summed E-state index contributed by atoms with van der Waals surface area (Å²) in [6.45, 7) is 3.86. The molecule has 1 heterocycles. The number of carbonyl (C=O) groups is 2. The maximum Gasteiger partial charge on any atom is 0.468 e. The van der Waals surface area contributed by atoms with Crippen LogP contribution in [0.4, 0.5) is 18.9 Å². The number of hydrogen-bond donors (Lipinski definition) is 1. The van der Waals surface area contributed by atoms with Crippen LogP contribution in [0.2, 0.25) is 0 Å². The summed E-state index contributed by atoms with van der Waals surface area (Å²) in [6.07, 6.45) is -9.89. The highest BCUT2D eigenvalue weighted by Gasteiger charge is 2.51. The lowest BCUT2D eigenvalue weighted by molar-refractivity contribution is -0.268. The minimum absolute atomic E-state index is 0.0200. The van der Waals surface area contributed by atoms with Gasteiger partial charge in [0.2, 0.25) is 12.2 Å². The quantitative estimate of drug-likeness (QED) is 0.344. The van der Waals surface area contributed by atoms with Gasteiger partial charge in [0.25, 0.3) is 5.90 Å². The predicted octanol–water partition coefficient (Wildman–Crippen LogP) is 4.06. The molecule has 36 heavy (non-hydrogen) atoms. The Bertz CT molecular complexity index is 1050. The monoisotopic (exact) mass is 508 g/mol. The molecular weight excluding hydrogens is 481 g/mol. The van der Waals surface area contributed by atoms with E-state index in [0.29, 0.717) is 0 Å². The maximum atomic E-state index is 13.9. The minimum atomic E-state index is -4.96. The lowest BCUT2D eigenvalue weighted by atomic mass is 9.96. The summed E-state index contributed by atoms with van der Waals surface area (Å²) in [5, 5.41) is 2.62. The number of amides is 1. The largest absolute Gasteiger partial charge is 0.468 e. The van der Waals surface area contributed by atoms with Gasteiger partial charge in [-0.2, -0.15) is 13.2 Å². The van der Waals surface area contributed by atoms with Crippen LogP contribution in [-0.4, -0.2) is 54.6 Å². The van der Waals surface area contributed by atoms with Crippen LogP contribution in [0.5, 0.6) is 0 Å². The van der Waals surface area contributed by atoms with Crippen molar-refractivity contribution in [3.05, 3.63) is 66.2 Å². The average Bonchev–Trinajstić information content (AvgIpc) is 2.81. The lowest BCUT2D eigenvalue weighted by Gasteiger charge is -2.44. The fourth-order valence-electron chi connectivity index (χ4n) is 3.70. The van der Waals surface area contributed by atoms with Crippen molar-refractivity contribution in [1.82, 2.24) is 5.32 Å². The molecule has 11 heteroatoms. The number of benzene rings is 2. The molecule has 0 aliphatic carbocycles. The van der Waals surface area contributed by atoms with E-state index in [2.05, 4.69) is 10.3 Å². The highest BCUT2D eigenvalue weighted by atomic mass is 19.4. The summed E-state index contributed by atoms with van der Waals surface area (Å²) >= 11 is 0. The van der Waals surface area contributed by atoms with Crippen molar-refractivity contribution in [2.24, 2.45) is 4.99 Å². The first kappa shape index (κ1) is 27.2. The molecule has 1 aliphatic heterocycles. The number of esters is 1. The second-order valence-electron chi connectivity index (χ2n) is 8.14. The molecule has 0 saturated carbocycles. The van der Waals surface area contributed by atoms with E-state index in [1.54, 1.807) is 36.4 Å². The number of nitrogens with one attached hydrogen (secondary N) is 1. The number of nitrogens with zero attached hydrogens (tertiary/aromatic N) is 1. The zero-order valence-corrected chi connectivity index (χ0v) is 19.9. The van der Waals surface area contributed by atoms with Crippen molar-refractivity contribution < 1.29 is 41.7 Å². The van der Waals surface area contributed by atoms with Crippen LogP contribution in [0.1, 0.15) is 26.3 Å². The van der Waals surface area contributed by atoms with Gasteiger partial charge in [-0.3, -0.25) is 9.59 Å². The van der Waals surface area contributed by atoms with E-state index < -0.39 is 54.6 Å². The van der Waals surface area contributed by atoms with Gasteiger partial charge in [-0.15, -0.1) is 0 Å². The Kier molecular flexibility index (Phi) is 9.05. The fourth-order valence-corrected chi connectivity index (χ4v) is 3.70. The Labute approximate surface area is 206 Å². The summed E-state index contributed by atoms with van der Waals surface area (Å²) < 4.78 is 64.0. The van der Waals surface area contributed by atoms with Crippen molar-refractivity contribution in [2.75, 3.05) is 0 Å². The molecule has 8 nitrogen and oxygen atoms in total. The van der Waals surface area contributed by atoms with Gasteiger partial charge in [-0.1, -0.05) is 48.5 Å². The molecule has 2 aromatic rings. The SMILES string of the molecule is CC(=O)N[C@H]1[C@@H](OC(C)=O)[C@@H](C)O[C@H](OC(=Nc2ccccc2)C(F)(F)F)[C@@H]1OCc1ccccc1. The fraction of sp³-hybridized carbons (Fsp3) is 0.400. The third kappa shape index (κ3) is 7.53. The molecule has 1 N–H and O–H groups in total. The molecule has 0 aromatic heterocycles. The van der Waals surface area contributed by atoms with E-state index in [0.717, 1.165) is 5.56 Å². The lowest BCUT2D eigenvalue weighted by Crippen LogP contribution is -2.65. The first-order valence-corrected chi connectivity index (χ1v) is 11.2. The molecule has 0 bridgehead atoms. The number of halogens is 3. The third-order valence-electron chi connectivity index (χ3n) is 5.20. The second kappa shape index (κ2) is 12.0. The van der Waals surface area contributed by atoms with E-state index in [-0.39, 0.29) is 12.3 Å². The Morgan fingerprint density at radius 1 is 0.972 bits per heavy atom. The highest BCUT2D eigenvalue weighted by Crippen LogP contribution is 2.31. The van der Waals surface area contributed by atoms with Crippen LogP contribution in [0.25, 0.3) is 0 Å². The van der Waals surface area contributed by atoms with Gasteiger partial charge in [0, 0.05) is 13.8 Å². The van der Waals surface area contributed by atoms with Crippen LogP contribution >= 0.6 is 0 Å². The topological polar surface area (TPSA) is 95.5 Å². The molecular formula is C25H27F3N2O6. The van der Waals surface area contributed by atoms with Crippen molar-refractivity contribution in [1.29, 1.82) is 0 Å². The maximum absolute atomic E-state index is 13.9. The normalized spacial score (nSPS) is 24.6. The summed E-state index contributed by atoms with van der Waals surface area (Å²) in [7, 11) is 0. The van der Waals surface area contributed by atoms with Gasteiger partial charge in [0.15, 0.2) is 6.10 Å². The number of aliphatic imine (C=N–C) groups is 1. The molecule has 1 amide bonds. The van der Waals surface area contributed by atoms with E-state index in [4.69, 9.17) is 18.9 Å². The van der Waals surface area contributed by atoms with Crippen LogP contribution in [0, 0.1) is 0 Å². The molecule has 3 rings (SSSR count). The Hall–Kier alpha value is -3.44. The first-order valence-electron chi connectivity index (χ1n) is 11.2. The molecule has 1 saturated heterocycles. The van der Waals surface area contributed by atoms with Crippen molar-refractivity contribution in [3.63, 3.8) is 0 Å². The van der Waals surface area contributed by atoms with Gasteiger partial charge in [-0.25, -0.2) is 4.99 Å². The van der Waals surface area contributed by atoms with Crippen LogP contribution in [0.15, 0.2) is 65.7 Å². The van der Waals surface area contributed by atoms with E-state index >= 15 is 0 Å². The summed E-state index contributed by atoms with van der Waals surface area (Å²) in [5.41, 5.74) is 0.737. The Morgan fingerprint density at radius 2 is 1.58 bits per heavy atom. The van der Waals surface area contributed by atoms with Crippen LogP contribution in [-0.2, 0) is 35.1 Å². The number of alkyl halides is 3. The van der Waals surface area contributed by atoms with E-state index in [1.165, 1.54) is 45.0 Å². The molecule has 194 valence electrons. The average molecular weight is 508 g/mol. The van der Waals surface area contributed by atoms with Gasteiger partial charge in [0.1, 0.15) is 12.1 Å². The van der Waals surface area contributed by atoms with Gasteiger partial charge in [0.05, 0.1) is 18.4 Å². The molecule has 1 fully saturated rings. The van der Waals surface area contributed by atoms with Gasteiger partial charge in [-0.05, 0) is 24.6 Å². The first-order chi connectivity index (χ1) is 17.0. The van der Waals surface area contributed by atoms with Crippen LogP contribution in [0.3, 0.4) is 0 Å². The zero-order valence-electron chi connectivity index (χ0n) is 19.9. The molecule has 1 aliphatic rings. The molecule has 0 spiro atoms. The second-order valence-corrected chi connectivity index (χ2v) is 8.14. The summed E-state index contributed by atoms with van der Waals surface area (Å²) in [6, 6.07) is 15.3. The van der Waals surface area contributed by atoms with Crippen molar-refractivity contribution >= 4 is 23.5 Å². The number of rotatable bonds is 7. The summed E-state index contributed by atoms with van der Waals surface area (Å²) in [4.78, 5) is 27.4. The number of para-hydroxylation sites is 1. The predicted molar refractivity (Wildman–Crippen MR) is 123 cm³/mol. The number of ether oxygens (including phenoxy) is 4. The highest BCUT2D eigenvalue weighted by molar-refractivity contribution is 5.84. The smallest absolute Gasteiger partial charge is 0.457 e. The Morgan fingerprint density at radius 3 is 2.14 bits per heavy atom. The Balaban J connectivity index is 1.98. The molecule has 5 atom stereocenters. The standard InChI is InChI=1S/C25H27F3N2O6/c1-15-21(35-17(3)32)20(29-16(2)31)22(33-14-18-10-6-4-7-11-18)23(34-15)36-24(25(26,27)28)30-19-12-8-5-9-13-19/h4-13,15,20-23H,14H2,1-3H3,(H,29,31)/t15-,20+,21+,22-,23-/m1/s1. The minimum Gasteiger partial charge on any atom is -0.457 e. The van der Waals surface area contributed by atoms with E-state index in [9.17, 15) is 22.8 Å².